The van der Waals surface area contributed by atoms with Crippen LogP contribution < -0.4 is 10.2 Å². The fraction of sp³-hybridized carbons (Fsp3) is 0.435. The number of hydrogen-bond acceptors (Lipinski definition) is 6. The van der Waals surface area contributed by atoms with Crippen LogP contribution >= 0.6 is 0 Å². The number of methoxy groups -OCH3 is 1. The summed E-state index contributed by atoms with van der Waals surface area (Å²) in [6.07, 6.45) is 2.00. The van der Waals surface area contributed by atoms with Crippen LogP contribution in [-0.2, 0) is 22.4 Å². The molecule has 1 aromatic heterocycles. The summed E-state index contributed by atoms with van der Waals surface area (Å²) >= 11 is 0. The number of nitrogens with one attached hydrogen (secondary N) is 1. The van der Waals surface area contributed by atoms with Gasteiger partial charge in [0.2, 0.25) is 0 Å². The first-order valence-electron chi connectivity index (χ1n) is 9.92. The van der Waals surface area contributed by atoms with E-state index < -0.39 is 11.7 Å². The highest BCUT2D eigenvalue weighted by molar-refractivity contribution is 5.89. The van der Waals surface area contributed by atoms with E-state index in [1.165, 1.54) is 7.11 Å². The summed E-state index contributed by atoms with van der Waals surface area (Å²) in [4.78, 5) is 30.4. The highest BCUT2D eigenvalue weighted by atomic mass is 16.6. The molecule has 0 saturated carbocycles. The standard InChI is InChI=1S/C23H29N3O4/c1-22(2,3)30-21(28)25-19-10-9-18(13-24-19)26-14-16-8-7-15(20(27)29-6)11-17(16)12-23(26,4)5/h7-11,13H,12,14H2,1-6H3,(H,24,25,28). The van der Waals surface area contributed by atoms with E-state index in [0.717, 1.165) is 23.2 Å². The lowest BCUT2D eigenvalue weighted by Gasteiger charge is -2.45. The molecule has 2 heterocycles. The summed E-state index contributed by atoms with van der Waals surface area (Å²) < 4.78 is 10.1. The Kier molecular flexibility index (Phi) is 5.74. The molecule has 160 valence electrons. The zero-order chi connectivity index (χ0) is 22.1. The van der Waals surface area contributed by atoms with E-state index in [2.05, 4.69) is 29.0 Å². The van der Waals surface area contributed by atoms with Crippen LogP contribution in [-0.4, -0.2) is 35.3 Å². The van der Waals surface area contributed by atoms with E-state index in [1.807, 2.05) is 39.0 Å². The molecule has 0 atom stereocenters. The van der Waals surface area contributed by atoms with Gasteiger partial charge in [-0.3, -0.25) is 5.32 Å². The lowest BCUT2D eigenvalue weighted by atomic mass is 9.84. The number of amides is 1. The van der Waals surface area contributed by atoms with Crippen LogP contribution in [0.4, 0.5) is 16.3 Å². The third kappa shape index (κ3) is 4.90. The van der Waals surface area contributed by atoms with E-state index in [9.17, 15) is 9.59 Å². The summed E-state index contributed by atoms with van der Waals surface area (Å²) in [5.74, 6) is 0.112. The number of carbonyl (C=O) groups excluding carboxylic acids is 2. The van der Waals surface area contributed by atoms with Gasteiger partial charge in [-0.15, -0.1) is 0 Å². The smallest absolute Gasteiger partial charge is 0.413 e. The molecule has 3 rings (SSSR count). The van der Waals surface area contributed by atoms with Crippen LogP contribution in [0.1, 0.15) is 56.1 Å². The molecule has 0 spiro atoms. The highest BCUT2D eigenvalue weighted by Gasteiger charge is 2.33. The summed E-state index contributed by atoms with van der Waals surface area (Å²) in [6.45, 7) is 10.5. The molecule has 0 aliphatic carbocycles. The number of rotatable bonds is 3. The molecule has 1 aliphatic rings. The van der Waals surface area contributed by atoms with Crippen LogP contribution in [0.15, 0.2) is 36.5 Å². The minimum atomic E-state index is -0.566. The Morgan fingerprint density at radius 1 is 1.13 bits per heavy atom. The normalized spacial score (nSPS) is 15.2. The van der Waals surface area contributed by atoms with Crippen molar-refractivity contribution in [3.05, 3.63) is 53.2 Å². The van der Waals surface area contributed by atoms with Crippen LogP contribution in [0.5, 0.6) is 0 Å². The molecular formula is C23H29N3O4. The number of hydrogen-bond donors (Lipinski definition) is 1. The largest absolute Gasteiger partial charge is 0.465 e. The molecule has 7 nitrogen and oxygen atoms in total. The van der Waals surface area contributed by atoms with Crippen molar-refractivity contribution in [2.24, 2.45) is 0 Å². The summed E-state index contributed by atoms with van der Waals surface area (Å²) in [6, 6.07) is 9.41. The summed E-state index contributed by atoms with van der Waals surface area (Å²) in [5.41, 5.74) is 3.09. The monoisotopic (exact) mass is 411 g/mol. The van der Waals surface area contributed by atoms with Crippen molar-refractivity contribution >= 4 is 23.6 Å². The molecule has 2 aromatic rings. The van der Waals surface area contributed by atoms with Gasteiger partial charge >= 0.3 is 12.1 Å². The number of pyridine rings is 1. The Balaban J connectivity index is 1.78. The number of ether oxygens (including phenoxy) is 2. The van der Waals surface area contributed by atoms with Crippen LogP contribution in [0.25, 0.3) is 0 Å². The summed E-state index contributed by atoms with van der Waals surface area (Å²) in [5, 5.41) is 2.65. The van der Waals surface area contributed by atoms with E-state index in [4.69, 9.17) is 9.47 Å². The van der Waals surface area contributed by atoms with Gasteiger partial charge in [0.25, 0.3) is 0 Å². The number of benzene rings is 1. The number of aromatic nitrogens is 1. The topological polar surface area (TPSA) is 80.8 Å². The van der Waals surface area contributed by atoms with Gasteiger partial charge in [-0.05, 0) is 76.4 Å². The quantitative estimate of drug-likeness (QED) is 0.746. The third-order valence-corrected chi connectivity index (χ3v) is 5.00. The first-order chi connectivity index (χ1) is 14.0. The maximum atomic E-state index is 11.9. The van der Waals surface area contributed by atoms with Crippen LogP contribution in [0.3, 0.4) is 0 Å². The van der Waals surface area contributed by atoms with Crippen LogP contribution in [0.2, 0.25) is 0 Å². The number of anilines is 2. The van der Waals surface area contributed by atoms with Crippen molar-refractivity contribution in [2.45, 2.75) is 58.7 Å². The van der Waals surface area contributed by atoms with Gasteiger partial charge in [-0.2, -0.15) is 0 Å². The SMILES string of the molecule is COC(=O)c1ccc2c(c1)CC(C)(C)N(c1ccc(NC(=O)OC(C)(C)C)nc1)C2. The molecule has 1 aromatic carbocycles. The Hall–Kier alpha value is -3.09. The minimum Gasteiger partial charge on any atom is -0.465 e. The fourth-order valence-electron chi connectivity index (χ4n) is 3.60. The van der Waals surface area contributed by atoms with Crippen molar-refractivity contribution in [2.75, 3.05) is 17.3 Å². The number of nitrogens with zero attached hydrogens (tertiary/aromatic N) is 2. The average Bonchev–Trinajstić information content (AvgIpc) is 2.65. The molecule has 7 heteroatoms. The maximum absolute atomic E-state index is 11.9. The Morgan fingerprint density at radius 2 is 1.87 bits per heavy atom. The van der Waals surface area contributed by atoms with Crippen molar-refractivity contribution in [3.8, 4) is 0 Å². The van der Waals surface area contributed by atoms with Gasteiger partial charge in [-0.25, -0.2) is 14.6 Å². The zero-order valence-corrected chi connectivity index (χ0v) is 18.4. The van der Waals surface area contributed by atoms with E-state index in [1.54, 1.807) is 18.3 Å². The molecule has 0 fully saturated rings. The fourth-order valence-corrected chi connectivity index (χ4v) is 3.60. The molecule has 0 saturated heterocycles. The van der Waals surface area contributed by atoms with Crippen molar-refractivity contribution in [1.29, 1.82) is 0 Å². The van der Waals surface area contributed by atoms with Crippen molar-refractivity contribution < 1.29 is 19.1 Å². The van der Waals surface area contributed by atoms with Gasteiger partial charge in [0.15, 0.2) is 0 Å². The predicted molar refractivity (Wildman–Crippen MR) is 116 cm³/mol. The van der Waals surface area contributed by atoms with Crippen molar-refractivity contribution in [3.63, 3.8) is 0 Å². The van der Waals surface area contributed by atoms with Crippen LogP contribution in [0, 0.1) is 0 Å². The second-order valence-corrected chi connectivity index (χ2v) is 9.08. The van der Waals surface area contributed by atoms with Gasteiger partial charge in [0, 0.05) is 12.1 Å². The van der Waals surface area contributed by atoms with Crippen molar-refractivity contribution in [1.82, 2.24) is 4.98 Å². The first-order valence-corrected chi connectivity index (χ1v) is 9.92. The van der Waals surface area contributed by atoms with Gasteiger partial charge < -0.3 is 14.4 Å². The van der Waals surface area contributed by atoms with Gasteiger partial charge in [0.1, 0.15) is 11.4 Å². The number of carbonyl (C=O) groups is 2. The van der Waals surface area contributed by atoms with Gasteiger partial charge in [0.05, 0.1) is 24.6 Å². The Bertz CT molecular complexity index is 946. The molecule has 0 bridgehead atoms. The van der Waals surface area contributed by atoms with E-state index >= 15 is 0 Å². The lowest BCUT2D eigenvalue weighted by Crippen LogP contribution is -2.48. The maximum Gasteiger partial charge on any atom is 0.413 e. The zero-order valence-electron chi connectivity index (χ0n) is 18.4. The Labute approximate surface area is 177 Å². The molecule has 1 amide bonds. The second kappa shape index (κ2) is 7.97. The minimum absolute atomic E-state index is 0.177. The number of fused-ring (bicyclic) bond motifs is 1. The molecular weight excluding hydrogens is 382 g/mol. The predicted octanol–water partition coefficient (Wildman–Crippen LogP) is 4.56. The molecule has 1 aliphatic heterocycles. The molecule has 0 unspecified atom stereocenters. The second-order valence-electron chi connectivity index (χ2n) is 9.08. The average molecular weight is 412 g/mol. The van der Waals surface area contributed by atoms with E-state index in [-0.39, 0.29) is 11.5 Å². The Morgan fingerprint density at radius 3 is 2.47 bits per heavy atom. The molecule has 0 radical (unpaired) electrons. The lowest BCUT2D eigenvalue weighted by molar-refractivity contribution is 0.0598. The highest BCUT2D eigenvalue weighted by Crippen LogP contribution is 2.35. The summed E-state index contributed by atoms with van der Waals surface area (Å²) in [7, 11) is 1.39. The molecule has 30 heavy (non-hydrogen) atoms. The third-order valence-electron chi connectivity index (χ3n) is 5.00. The van der Waals surface area contributed by atoms with Gasteiger partial charge in [-0.1, -0.05) is 6.07 Å². The van der Waals surface area contributed by atoms with E-state index in [0.29, 0.717) is 17.9 Å². The first kappa shape index (κ1) is 21.6. The molecule has 1 N–H and O–H groups in total. The number of esters is 1.